The topological polar surface area (TPSA) is 58.6 Å². The number of nitrogens with one attached hydrogen (secondary N) is 1. The van der Waals surface area contributed by atoms with Gasteiger partial charge in [-0.1, -0.05) is 48.5 Å². The molecule has 0 saturated carbocycles. The fraction of sp³-hybridized carbons (Fsp3) is 0.278. The molecule has 1 amide bonds. The minimum atomic E-state index is -1.10. The first kappa shape index (κ1) is 16.0. The van der Waals surface area contributed by atoms with Crippen molar-refractivity contribution < 1.29 is 14.6 Å². The molecule has 1 unspecified atom stereocenters. The third-order valence-electron chi connectivity index (χ3n) is 3.57. The lowest BCUT2D eigenvalue weighted by Crippen LogP contribution is -2.39. The summed E-state index contributed by atoms with van der Waals surface area (Å²) in [5, 5.41) is 13.2. The first-order chi connectivity index (χ1) is 10.5. The van der Waals surface area contributed by atoms with Crippen LogP contribution in [0.3, 0.4) is 0 Å². The van der Waals surface area contributed by atoms with E-state index in [1.807, 2.05) is 54.6 Å². The van der Waals surface area contributed by atoms with Gasteiger partial charge in [0.1, 0.15) is 11.4 Å². The van der Waals surface area contributed by atoms with Crippen LogP contribution in [0.5, 0.6) is 5.75 Å². The van der Waals surface area contributed by atoms with E-state index >= 15 is 0 Å². The zero-order chi connectivity index (χ0) is 16.0. The SMILES string of the molecule is COc1ccccc1CC(=O)NCC(C)(O)c1ccccc1. The molecule has 2 N–H and O–H groups in total. The fourth-order valence-electron chi connectivity index (χ4n) is 2.25. The molecule has 0 spiro atoms. The lowest BCUT2D eigenvalue weighted by Gasteiger charge is -2.24. The lowest BCUT2D eigenvalue weighted by atomic mass is 9.96. The summed E-state index contributed by atoms with van der Waals surface area (Å²) >= 11 is 0. The summed E-state index contributed by atoms with van der Waals surface area (Å²) in [4.78, 5) is 12.1. The minimum absolute atomic E-state index is 0.152. The maximum Gasteiger partial charge on any atom is 0.224 e. The first-order valence-electron chi connectivity index (χ1n) is 7.19. The number of rotatable bonds is 6. The van der Waals surface area contributed by atoms with E-state index in [-0.39, 0.29) is 18.9 Å². The Labute approximate surface area is 130 Å². The summed E-state index contributed by atoms with van der Waals surface area (Å²) in [5.41, 5.74) is 0.493. The van der Waals surface area contributed by atoms with Gasteiger partial charge in [0.15, 0.2) is 0 Å². The van der Waals surface area contributed by atoms with Crippen LogP contribution in [-0.2, 0) is 16.8 Å². The van der Waals surface area contributed by atoms with Gasteiger partial charge >= 0.3 is 0 Å². The Morgan fingerprint density at radius 1 is 1.14 bits per heavy atom. The van der Waals surface area contributed by atoms with Crippen molar-refractivity contribution >= 4 is 5.91 Å². The van der Waals surface area contributed by atoms with E-state index in [2.05, 4.69) is 5.32 Å². The van der Waals surface area contributed by atoms with Gasteiger partial charge in [0.25, 0.3) is 0 Å². The summed E-state index contributed by atoms with van der Waals surface area (Å²) in [5.74, 6) is 0.535. The third-order valence-corrected chi connectivity index (χ3v) is 3.57. The van der Waals surface area contributed by atoms with E-state index in [9.17, 15) is 9.90 Å². The number of aliphatic hydroxyl groups is 1. The van der Waals surface area contributed by atoms with Crippen molar-refractivity contribution in [2.75, 3.05) is 13.7 Å². The Balaban J connectivity index is 1.95. The minimum Gasteiger partial charge on any atom is -0.496 e. The van der Waals surface area contributed by atoms with E-state index in [1.165, 1.54) is 0 Å². The van der Waals surface area contributed by atoms with Gasteiger partial charge in [-0.25, -0.2) is 0 Å². The highest BCUT2D eigenvalue weighted by Gasteiger charge is 2.23. The number of ether oxygens (including phenoxy) is 1. The second-order valence-electron chi connectivity index (χ2n) is 5.41. The number of amides is 1. The molecule has 4 heteroatoms. The predicted molar refractivity (Wildman–Crippen MR) is 85.7 cm³/mol. The third kappa shape index (κ3) is 4.09. The van der Waals surface area contributed by atoms with Crippen LogP contribution in [0.1, 0.15) is 18.1 Å². The van der Waals surface area contributed by atoms with Gasteiger partial charge in [-0.2, -0.15) is 0 Å². The van der Waals surface area contributed by atoms with Crippen molar-refractivity contribution in [2.24, 2.45) is 0 Å². The summed E-state index contributed by atoms with van der Waals surface area (Å²) in [6.07, 6.45) is 0.217. The Kier molecular flexibility index (Phi) is 5.17. The molecule has 0 bridgehead atoms. The molecule has 0 radical (unpaired) electrons. The maximum absolute atomic E-state index is 12.1. The molecule has 0 aliphatic carbocycles. The van der Waals surface area contributed by atoms with E-state index in [0.29, 0.717) is 5.75 Å². The standard InChI is InChI=1S/C18H21NO3/c1-18(21,15-9-4-3-5-10-15)13-19-17(20)12-14-8-6-7-11-16(14)22-2/h3-11,21H,12-13H2,1-2H3,(H,19,20). The lowest BCUT2D eigenvalue weighted by molar-refractivity contribution is -0.121. The molecule has 0 saturated heterocycles. The molecule has 0 aromatic heterocycles. The highest BCUT2D eigenvalue weighted by Crippen LogP contribution is 2.20. The van der Waals surface area contributed by atoms with Crippen molar-refractivity contribution in [3.63, 3.8) is 0 Å². The van der Waals surface area contributed by atoms with E-state index < -0.39 is 5.60 Å². The number of carbonyl (C=O) groups is 1. The van der Waals surface area contributed by atoms with Gasteiger partial charge in [-0.05, 0) is 18.6 Å². The number of hydrogen-bond acceptors (Lipinski definition) is 3. The molecule has 0 aliphatic rings. The van der Waals surface area contributed by atoms with Crippen LogP contribution in [0.25, 0.3) is 0 Å². The molecule has 2 aromatic carbocycles. The number of methoxy groups -OCH3 is 1. The first-order valence-corrected chi connectivity index (χ1v) is 7.19. The zero-order valence-electron chi connectivity index (χ0n) is 12.9. The molecule has 2 rings (SSSR count). The second kappa shape index (κ2) is 7.09. The average molecular weight is 299 g/mol. The van der Waals surface area contributed by atoms with Crippen LogP contribution < -0.4 is 10.1 Å². The fourth-order valence-corrected chi connectivity index (χ4v) is 2.25. The van der Waals surface area contributed by atoms with Crippen molar-refractivity contribution in [3.05, 3.63) is 65.7 Å². The van der Waals surface area contributed by atoms with E-state index in [0.717, 1.165) is 11.1 Å². The monoisotopic (exact) mass is 299 g/mol. The van der Waals surface area contributed by atoms with Crippen LogP contribution in [0.15, 0.2) is 54.6 Å². The van der Waals surface area contributed by atoms with Crippen LogP contribution in [-0.4, -0.2) is 24.7 Å². The highest BCUT2D eigenvalue weighted by atomic mass is 16.5. The van der Waals surface area contributed by atoms with Crippen LogP contribution in [0.4, 0.5) is 0 Å². The van der Waals surface area contributed by atoms with Crippen molar-refractivity contribution in [3.8, 4) is 5.75 Å². The number of benzene rings is 2. The summed E-state index contributed by atoms with van der Waals surface area (Å²) in [7, 11) is 1.58. The average Bonchev–Trinajstić information content (AvgIpc) is 2.54. The molecule has 116 valence electrons. The molecule has 1 atom stereocenters. The molecule has 22 heavy (non-hydrogen) atoms. The molecule has 0 aliphatic heterocycles. The molecular weight excluding hydrogens is 278 g/mol. The number of carbonyl (C=O) groups excluding carboxylic acids is 1. The summed E-state index contributed by atoms with van der Waals surface area (Å²) < 4.78 is 5.23. The Hall–Kier alpha value is -2.33. The Morgan fingerprint density at radius 2 is 1.77 bits per heavy atom. The Bertz CT molecular complexity index is 623. The van der Waals surface area contributed by atoms with Gasteiger partial charge in [0, 0.05) is 5.56 Å². The molecular formula is C18H21NO3. The van der Waals surface area contributed by atoms with Gasteiger partial charge < -0.3 is 15.2 Å². The normalized spacial score (nSPS) is 13.2. The maximum atomic E-state index is 12.1. The summed E-state index contributed by atoms with van der Waals surface area (Å²) in [6, 6.07) is 16.7. The van der Waals surface area contributed by atoms with Crippen LogP contribution in [0.2, 0.25) is 0 Å². The molecule has 2 aromatic rings. The summed E-state index contributed by atoms with van der Waals surface area (Å²) in [6.45, 7) is 1.84. The predicted octanol–water partition coefficient (Wildman–Crippen LogP) is 2.26. The number of hydrogen-bond donors (Lipinski definition) is 2. The Morgan fingerprint density at radius 3 is 2.45 bits per heavy atom. The zero-order valence-corrected chi connectivity index (χ0v) is 12.9. The van der Waals surface area contributed by atoms with E-state index in [1.54, 1.807) is 14.0 Å². The highest BCUT2D eigenvalue weighted by molar-refractivity contribution is 5.79. The smallest absolute Gasteiger partial charge is 0.224 e. The van der Waals surface area contributed by atoms with E-state index in [4.69, 9.17) is 4.74 Å². The van der Waals surface area contributed by atoms with Gasteiger partial charge in [0.2, 0.25) is 5.91 Å². The van der Waals surface area contributed by atoms with Crippen molar-refractivity contribution in [1.82, 2.24) is 5.32 Å². The van der Waals surface area contributed by atoms with Gasteiger partial charge in [-0.3, -0.25) is 4.79 Å². The van der Waals surface area contributed by atoms with Crippen molar-refractivity contribution in [1.29, 1.82) is 0 Å². The molecule has 0 heterocycles. The van der Waals surface area contributed by atoms with Crippen LogP contribution in [0, 0.1) is 0 Å². The van der Waals surface area contributed by atoms with Gasteiger partial charge in [0.05, 0.1) is 20.1 Å². The molecule has 4 nitrogen and oxygen atoms in total. The number of para-hydroxylation sites is 1. The van der Waals surface area contributed by atoms with Crippen LogP contribution >= 0.6 is 0 Å². The van der Waals surface area contributed by atoms with Gasteiger partial charge in [-0.15, -0.1) is 0 Å². The second-order valence-corrected chi connectivity index (χ2v) is 5.41. The molecule has 0 fully saturated rings. The van der Waals surface area contributed by atoms with Crippen molar-refractivity contribution in [2.45, 2.75) is 18.9 Å². The quantitative estimate of drug-likeness (QED) is 0.860. The largest absolute Gasteiger partial charge is 0.496 e.